The first-order chi connectivity index (χ1) is 4.61. The lowest BCUT2D eigenvalue weighted by atomic mass is 9.92. The number of aromatic amines is 1. The second-order valence-corrected chi connectivity index (χ2v) is 3.53. The van der Waals surface area contributed by atoms with E-state index in [1.807, 2.05) is 12.3 Å². The van der Waals surface area contributed by atoms with Crippen molar-refractivity contribution in [3.63, 3.8) is 0 Å². The Balaban J connectivity index is 2.97. The first kappa shape index (κ1) is 7.26. The van der Waals surface area contributed by atoms with Crippen molar-refractivity contribution in [3.05, 3.63) is 30.1 Å². The number of hydrogen-bond acceptors (Lipinski definition) is 0. The molecule has 0 bridgehead atoms. The zero-order chi connectivity index (χ0) is 7.61. The third kappa shape index (κ3) is 1.56. The first-order valence-corrected chi connectivity index (χ1v) is 3.58. The van der Waals surface area contributed by atoms with Gasteiger partial charge in [-0.05, 0) is 0 Å². The second-order valence-electron chi connectivity index (χ2n) is 3.53. The monoisotopic (exact) mass is 136 g/mol. The van der Waals surface area contributed by atoms with E-state index in [0.29, 0.717) is 0 Å². The van der Waals surface area contributed by atoms with E-state index >= 15 is 0 Å². The Kier molecular flexibility index (Phi) is 1.75. The van der Waals surface area contributed by atoms with Crippen molar-refractivity contribution in [2.24, 2.45) is 0 Å². The highest BCUT2D eigenvalue weighted by Crippen LogP contribution is 2.15. The van der Waals surface area contributed by atoms with E-state index in [2.05, 4.69) is 37.9 Å². The molecule has 1 nitrogen and oxygen atoms in total. The van der Waals surface area contributed by atoms with Crippen LogP contribution in [0.15, 0.2) is 24.4 Å². The van der Waals surface area contributed by atoms with Gasteiger partial charge in [0.05, 0.1) is 0 Å². The van der Waals surface area contributed by atoms with Gasteiger partial charge in [-0.1, -0.05) is 26.8 Å². The smallest absolute Gasteiger partial charge is 0.184 e. The van der Waals surface area contributed by atoms with Crippen LogP contribution in [0.1, 0.15) is 26.5 Å². The van der Waals surface area contributed by atoms with Gasteiger partial charge < -0.3 is 0 Å². The molecule has 1 heterocycles. The zero-order valence-corrected chi connectivity index (χ0v) is 6.81. The van der Waals surface area contributed by atoms with E-state index in [-0.39, 0.29) is 5.41 Å². The molecular weight excluding hydrogens is 122 g/mol. The lowest BCUT2D eigenvalue weighted by Crippen LogP contribution is -2.23. The molecule has 0 aromatic carbocycles. The predicted octanol–water partition coefficient (Wildman–Crippen LogP) is 1.80. The van der Waals surface area contributed by atoms with E-state index in [9.17, 15) is 0 Å². The summed E-state index contributed by atoms with van der Waals surface area (Å²) in [6, 6.07) is 6.16. The summed E-state index contributed by atoms with van der Waals surface area (Å²) in [7, 11) is 0. The summed E-state index contributed by atoms with van der Waals surface area (Å²) in [4.78, 5) is 3.21. The fourth-order valence-corrected chi connectivity index (χ4v) is 0.860. The lowest BCUT2D eigenvalue weighted by Gasteiger charge is -2.11. The summed E-state index contributed by atoms with van der Waals surface area (Å²) in [5.41, 5.74) is 1.51. The van der Waals surface area contributed by atoms with Gasteiger partial charge in [0.15, 0.2) is 11.9 Å². The summed E-state index contributed by atoms with van der Waals surface area (Å²) in [5.74, 6) is 0. The number of aromatic nitrogens is 1. The maximum atomic E-state index is 3.21. The van der Waals surface area contributed by atoms with Crippen LogP contribution in [0.3, 0.4) is 0 Å². The lowest BCUT2D eigenvalue weighted by molar-refractivity contribution is -0.396. The molecule has 0 saturated carbocycles. The molecule has 0 aliphatic rings. The normalized spacial score (nSPS) is 11.5. The van der Waals surface area contributed by atoms with Crippen molar-refractivity contribution in [2.45, 2.75) is 26.2 Å². The molecule has 1 rings (SSSR count). The highest BCUT2D eigenvalue weighted by molar-refractivity contribution is 5.06. The molecule has 0 radical (unpaired) electrons. The van der Waals surface area contributed by atoms with Crippen molar-refractivity contribution in [3.8, 4) is 0 Å². The zero-order valence-electron chi connectivity index (χ0n) is 6.81. The van der Waals surface area contributed by atoms with E-state index in [4.69, 9.17) is 0 Å². The predicted molar refractivity (Wildman–Crippen MR) is 41.7 cm³/mol. The van der Waals surface area contributed by atoms with Crippen LogP contribution in [-0.2, 0) is 5.41 Å². The minimum atomic E-state index is 0.237. The van der Waals surface area contributed by atoms with Gasteiger partial charge in [-0.3, -0.25) is 0 Å². The van der Waals surface area contributed by atoms with Crippen molar-refractivity contribution < 1.29 is 4.98 Å². The molecule has 1 heteroatoms. The second kappa shape index (κ2) is 2.41. The minimum Gasteiger partial charge on any atom is -0.215 e. The largest absolute Gasteiger partial charge is 0.215 e. The number of rotatable bonds is 0. The molecule has 0 fully saturated rings. The number of nitrogens with one attached hydrogen (secondary N) is 1. The van der Waals surface area contributed by atoms with Crippen molar-refractivity contribution in [1.82, 2.24) is 0 Å². The molecule has 54 valence electrons. The minimum absolute atomic E-state index is 0.237. The summed E-state index contributed by atoms with van der Waals surface area (Å²) < 4.78 is 0. The molecule has 0 aliphatic heterocycles. The maximum absolute atomic E-state index is 3.21. The van der Waals surface area contributed by atoms with Crippen LogP contribution in [0.5, 0.6) is 0 Å². The molecule has 1 N–H and O–H groups in total. The van der Waals surface area contributed by atoms with E-state index in [1.165, 1.54) is 5.69 Å². The van der Waals surface area contributed by atoms with E-state index in [0.717, 1.165) is 0 Å². The van der Waals surface area contributed by atoms with E-state index in [1.54, 1.807) is 0 Å². The molecule has 1 aromatic rings. The summed E-state index contributed by atoms with van der Waals surface area (Å²) in [6.07, 6.45) is 1.96. The summed E-state index contributed by atoms with van der Waals surface area (Å²) in [5, 5.41) is 0. The summed E-state index contributed by atoms with van der Waals surface area (Å²) in [6.45, 7) is 6.58. The Bertz CT molecular complexity index is 196. The Morgan fingerprint density at radius 3 is 2.20 bits per heavy atom. The maximum Gasteiger partial charge on any atom is 0.184 e. The Labute approximate surface area is 62.1 Å². The number of hydrogen-bond donors (Lipinski definition) is 0. The van der Waals surface area contributed by atoms with Gasteiger partial charge in [-0.15, -0.1) is 0 Å². The van der Waals surface area contributed by atoms with Crippen LogP contribution >= 0.6 is 0 Å². The van der Waals surface area contributed by atoms with Crippen LogP contribution in [0.2, 0.25) is 0 Å². The van der Waals surface area contributed by atoms with Crippen molar-refractivity contribution in [2.75, 3.05) is 0 Å². The molecule has 0 spiro atoms. The Morgan fingerprint density at radius 2 is 1.90 bits per heavy atom. The third-order valence-electron chi connectivity index (χ3n) is 1.52. The average Bonchev–Trinajstić information content (AvgIpc) is 1.88. The van der Waals surface area contributed by atoms with Gasteiger partial charge in [0.1, 0.15) is 0 Å². The third-order valence-corrected chi connectivity index (χ3v) is 1.52. The molecule has 1 aromatic heterocycles. The highest BCUT2D eigenvalue weighted by atomic mass is 14.7. The van der Waals surface area contributed by atoms with Gasteiger partial charge in [-0.2, -0.15) is 0 Å². The summed E-state index contributed by atoms with van der Waals surface area (Å²) >= 11 is 0. The van der Waals surface area contributed by atoms with Gasteiger partial charge in [-0.25, -0.2) is 4.98 Å². The van der Waals surface area contributed by atoms with Gasteiger partial charge in [0, 0.05) is 17.5 Å². The van der Waals surface area contributed by atoms with Gasteiger partial charge in [0.25, 0.3) is 0 Å². The van der Waals surface area contributed by atoms with Gasteiger partial charge in [0.2, 0.25) is 0 Å². The van der Waals surface area contributed by atoms with Crippen LogP contribution < -0.4 is 4.98 Å². The molecule has 0 saturated heterocycles. The van der Waals surface area contributed by atoms with Crippen molar-refractivity contribution >= 4 is 0 Å². The number of H-pyrrole nitrogens is 1. The molecule has 0 atom stereocenters. The Morgan fingerprint density at radius 1 is 1.20 bits per heavy atom. The fourth-order valence-electron chi connectivity index (χ4n) is 0.860. The van der Waals surface area contributed by atoms with Crippen LogP contribution in [0.4, 0.5) is 0 Å². The fraction of sp³-hybridized carbons (Fsp3) is 0.444. The molecule has 0 aliphatic carbocycles. The molecular formula is C9H14N+. The SMILES string of the molecule is CC(C)(C)c1cccc[nH+]1. The number of pyridine rings is 1. The molecule has 10 heavy (non-hydrogen) atoms. The first-order valence-electron chi connectivity index (χ1n) is 3.58. The molecule has 0 unspecified atom stereocenters. The van der Waals surface area contributed by atoms with Gasteiger partial charge >= 0.3 is 0 Å². The van der Waals surface area contributed by atoms with Crippen molar-refractivity contribution in [1.29, 1.82) is 0 Å². The highest BCUT2D eigenvalue weighted by Gasteiger charge is 2.18. The van der Waals surface area contributed by atoms with E-state index < -0.39 is 0 Å². The van der Waals surface area contributed by atoms with Crippen LogP contribution in [-0.4, -0.2) is 0 Å². The quantitative estimate of drug-likeness (QED) is 0.516. The van der Waals surface area contributed by atoms with Crippen LogP contribution in [0.25, 0.3) is 0 Å². The topological polar surface area (TPSA) is 14.1 Å². The Hall–Kier alpha value is -0.850. The van der Waals surface area contributed by atoms with Crippen LogP contribution in [0, 0.1) is 0 Å². The molecule has 0 amide bonds. The standard InChI is InChI=1S/C9H13N/c1-9(2,3)8-6-4-5-7-10-8/h4-7H,1-3H3/p+1. The average molecular weight is 136 g/mol.